The van der Waals surface area contributed by atoms with E-state index in [4.69, 9.17) is 0 Å². The van der Waals surface area contributed by atoms with Gasteiger partial charge in [-0.2, -0.15) is 0 Å². The fourth-order valence-electron chi connectivity index (χ4n) is 7.27. The van der Waals surface area contributed by atoms with Crippen LogP contribution in [0.15, 0.2) is 72.8 Å². The summed E-state index contributed by atoms with van der Waals surface area (Å²) < 4.78 is 0. The van der Waals surface area contributed by atoms with E-state index in [2.05, 4.69) is 78.9 Å². The Balaban J connectivity index is 1.54. The average Bonchev–Trinajstić information content (AvgIpc) is 3.26. The number of hydrogen-bond acceptors (Lipinski definition) is 0. The van der Waals surface area contributed by atoms with Crippen LogP contribution in [0.3, 0.4) is 0 Å². The summed E-state index contributed by atoms with van der Waals surface area (Å²) in [6, 6.07) is 25.6. The molecule has 3 aliphatic rings. The van der Waals surface area contributed by atoms with Crippen LogP contribution in [0.4, 0.5) is 0 Å². The molecule has 0 bridgehead atoms. The molecular formula is C33H36. The average molecular weight is 433 g/mol. The third-order valence-corrected chi connectivity index (χ3v) is 8.81. The molecular weight excluding hydrogens is 396 g/mol. The highest BCUT2D eigenvalue weighted by molar-refractivity contribution is 5.79. The Morgan fingerprint density at radius 2 is 1.27 bits per heavy atom. The van der Waals surface area contributed by atoms with Crippen molar-refractivity contribution in [3.8, 4) is 11.1 Å². The van der Waals surface area contributed by atoms with Gasteiger partial charge in [-0.05, 0) is 70.5 Å². The van der Waals surface area contributed by atoms with E-state index in [0.29, 0.717) is 5.92 Å². The van der Waals surface area contributed by atoms with Gasteiger partial charge >= 0.3 is 0 Å². The van der Waals surface area contributed by atoms with Crippen molar-refractivity contribution in [2.24, 2.45) is 5.92 Å². The summed E-state index contributed by atoms with van der Waals surface area (Å²) in [5, 5.41) is 0. The lowest BCUT2D eigenvalue weighted by atomic mass is 9.57. The third kappa shape index (κ3) is 3.59. The van der Waals surface area contributed by atoms with Crippen LogP contribution < -0.4 is 0 Å². The maximum atomic E-state index is 2.50. The molecule has 1 fully saturated rings. The van der Waals surface area contributed by atoms with Gasteiger partial charge in [0, 0.05) is 5.41 Å². The highest BCUT2D eigenvalue weighted by Crippen LogP contribution is 2.53. The van der Waals surface area contributed by atoms with E-state index in [1.165, 1.54) is 80.0 Å². The molecule has 1 atom stereocenters. The molecule has 1 saturated carbocycles. The molecule has 0 aliphatic heterocycles. The van der Waals surface area contributed by atoms with Gasteiger partial charge in [0.25, 0.3) is 0 Å². The third-order valence-electron chi connectivity index (χ3n) is 8.81. The number of rotatable bonds is 2. The van der Waals surface area contributed by atoms with Crippen LogP contribution in [0.1, 0.15) is 92.0 Å². The first kappa shape index (κ1) is 21.0. The van der Waals surface area contributed by atoms with Gasteiger partial charge in [0.05, 0.1) is 0 Å². The van der Waals surface area contributed by atoms with E-state index in [1.807, 2.05) is 0 Å². The molecule has 0 amide bonds. The molecule has 0 nitrogen and oxygen atoms in total. The lowest BCUT2D eigenvalue weighted by Crippen LogP contribution is -2.39. The molecule has 1 unspecified atom stereocenters. The van der Waals surface area contributed by atoms with Crippen molar-refractivity contribution in [2.45, 2.75) is 76.0 Å². The maximum absolute atomic E-state index is 2.50. The Labute approximate surface area is 199 Å². The van der Waals surface area contributed by atoms with E-state index in [-0.39, 0.29) is 5.41 Å². The summed E-state index contributed by atoms with van der Waals surface area (Å²) in [7, 11) is 0. The SMILES string of the molecule is C1=Cc2ccccc2C(c2cccc3c2Cc2ccccc2-3)(C2CCCCCCCCC2)C1. The normalized spacial score (nSPS) is 22.9. The van der Waals surface area contributed by atoms with Crippen LogP contribution in [-0.4, -0.2) is 0 Å². The zero-order chi connectivity index (χ0) is 22.1. The summed E-state index contributed by atoms with van der Waals surface area (Å²) in [6.45, 7) is 0. The van der Waals surface area contributed by atoms with Crippen LogP contribution in [0.2, 0.25) is 0 Å². The quantitative estimate of drug-likeness (QED) is 0.296. The molecule has 0 saturated heterocycles. The van der Waals surface area contributed by atoms with Crippen LogP contribution >= 0.6 is 0 Å². The molecule has 0 radical (unpaired) electrons. The lowest BCUT2D eigenvalue weighted by Gasteiger charge is -2.46. The fourth-order valence-corrected chi connectivity index (χ4v) is 7.27. The molecule has 0 heterocycles. The Hall–Kier alpha value is -2.60. The summed E-state index contributed by atoms with van der Waals surface area (Å²) in [5.74, 6) is 0.705. The Bertz CT molecular complexity index is 1160. The van der Waals surface area contributed by atoms with Crippen LogP contribution in [0, 0.1) is 5.92 Å². The van der Waals surface area contributed by atoms with Crippen molar-refractivity contribution in [2.75, 3.05) is 0 Å². The fraction of sp³-hybridized carbons (Fsp3) is 0.394. The van der Waals surface area contributed by atoms with Gasteiger partial charge in [-0.25, -0.2) is 0 Å². The summed E-state index contributed by atoms with van der Waals surface area (Å²) in [5.41, 5.74) is 10.8. The first-order chi connectivity index (χ1) is 16.4. The second kappa shape index (κ2) is 8.98. The smallest absolute Gasteiger partial charge is 0.0274 e. The van der Waals surface area contributed by atoms with Gasteiger partial charge in [-0.15, -0.1) is 0 Å². The predicted octanol–water partition coefficient (Wildman–Crippen LogP) is 9.10. The number of fused-ring (bicyclic) bond motifs is 4. The van der Waals surface area contributed by atoms with Gasteiger partial charge < -0.3 is 0 Å². The predicted molar refractivity (Wildman–Crippen MR) is 141 cm³/mol. The zero-order valence-electron chi connectivity index (χ0n) is 19.9. The molecule has 0 spiro atoms. The van der Waals surface area contributed by atoms with Crippen molar-refractivity contribution in [1.29, 1.82) is 0 Å². The second-order valence-electron chi connectivity index (χ2n) is 10.6. The van der Waals surface area contributed by atoms with Gasteiger partial charge in [0.1, 0.15) is 0 Å². The molecule has 3 aromatic rings. The Morgan fingerprint density at radius 3 is 2.12 bits per heavy atom. The van der Waals surface area contributed by atoms with Crippen molar-refractivity contribution < 1.29 is 0 Å². The van der Waals surface area contributed by atoms with Gasteiger partial charge in [0.15, 0.2) is 0 Å². The van der Waals surface area contributed by atoms with Crippen molar-refractivity contribution in [3.05, 3.63) is 101 Å². The van der Waals surface area contributed by atoms with Crippen molar-refractivity contribution in [3.63, 3.8) is 0 Å². The highest BCUT2D eigenvalue weighted by Gasteiger charge is 2.45. The molecule has 0 heteroatoms. The summed E-state index contributed by atoms with van der Waals surface area (Å²) in [4.78, 5) is 0. The molecule has 6 rings (SSSR count). The van der Waals surface area contributed by atoms with E-state index < -0.39 is 0 Å². The highest BCUT2D eigenvalue weighted by atomic mass is 14.5. The molecule has 0 N–H and O–H groups in total. The molecule has 168 valence electrons. The first-order valence-corrected chi connectivity index (χ1v) is 13.3. The zero-order valence-corrected chi connectivity index (χ0v) is 19.9. The second-order valence-corrected chi connectivity index (χ2v) is 10.6. The number of allylic oxidation sites excluding steroid dienone is 1. The van der Waals surface area contributed by atoms with Crippen molar-refractivity contribution >= 4 is 6.08 Å². The monoisotopic (exact) mass is 432 g/mol. The molecule has 3 aromatic carbocycles. The Morgan fingerprint density at radius 1 is 0.606 bits per heavy atom. The first-order valence-electron chi connectivity index (χ1n) is 13.3. The van der Waals surface area contributed by atoms with E-state index in [0.717, 1.165) is 12.8 Å². The summed E-state index contributed by atoms with van der Waals surface area (Å²) >= 11 is 0. The van der Waals surface area contributed by atoms with Gasteiger partial charge in [0.2, 0.25) is 0 Å². The van der Waals surface area contributed by atoms with Gasteiger partial charge in [-0.1, -0.05) is 124 Å². The number of benzene rings is 3. The Kier molecular flexibility index (Phi) is 5.70. The topological polar surface area (TPSA) is 0 Å². The van der Waals surface area contributed by atoms with E-state index in [9.17, 15) is 0 Å². The molecule has 33 heavy (non-hydrogen) atoms. The largest absolute Gasteiger partial charge is 0.0827 e. The van der Waals surface area contributed by atoms with Gasteiger partial charge in [-0.3, -0.25) is 0 Å². The lowest BCUT2D eigenvalue weighted by molar-refractivity contribution is 0.259. The minimum absolute atomic E-state index is 0.0952. The maximum Gasteiger partial charge on any atom is 0.0274 e. The van der Waals surface area contributed by atoms with E-state index in [1.54, 1.807) is 16.7 Å². The summed E-state index contributed by atoms with van der Waals surface area (Å²) in [6.07, 6.45) is 19.7. The standard InChI is InChI=1S/C33H36/c1-2-4-6-17-27(18-7-5-3-1)33(23-13-16-25-14-9-11-21-31(25)33)32-22-12-20-29-28-19-10-8-15-26(28)24-30(29)32/h8-16,19-22,27H,1-7,17-18,23-24H2. The molecule has 3 aliphatic carbocycles. The van der Waals surface area contributed by atoms with Crippen LogP contribution in [0.25, 0.3) is 17.2 Å². The van der Waals surface area contributed by atoms with Crippen LogP contribution in [0.5, 0.6) is 0 Å². The number of hydrogen-bond donors (Lipinski definition) is 0. The van der Waals surface area contributed by atoms with Crippen LogP contribution in [-0.2, 0) is 11.8 Å². The minimum atomic E-state index is 0.0952. The molecule has 0 aromatic heterocycles. The van der Waals surface area contributed by atoms with Crippen molar-refractivity contribution in [1.82, 2.24) is 0 Å². The minimum Gasteiger partial charge on any atom is -0.0827 e. The van der Waals surface area contributed by atoms with E-state index >= 15 is 0 Å².